The molecule has 2 aromatic heterocycles. The monoisotopic (exact) mass is 385 g/mol. The Bertz CT molecular complexity index is 955. The van der Waals surface area contributed by atoms with Crippen molar-refractivity contribution in [1.82, 2.24) is 9.97 Å². The molecule has 0 radical (unpaired) electrons. The van der Waals surface area contributed by atoms with Crippen LogP contribution in [-0.4, -0.2) is 21.9 Å². The van der Waals surface area contributed by atoms with E-state index >= 15 is 0 Å². The highest BCUT2D eigenvalue weighted by molar-refractivity contribution is 5.84. The zero-order valence-corrected chi connectivity index (χ0v) is 14.4. The van der Waals surface area contributed by atoms with Crippen LogP contribution in [0.5, 0.6) is 6.01 Å². The Morgan fingerprint density at radius 2 is 1.96 bits per heavy atom. The number of aromatic amines is 1. The van der Waals surface area contributed by atoms with Crippen molar-refractivity contribution in [3.8, 4) is 6.01 Å². The third-order valence-electron chi connectivity index (χ3n) is 4.27. The fourth-order valence-corrected chi connectivity index (χ4v) is 3.01. The van der Waals surface area contributed by atoms with Gasteiger partial charge in [-0.2, -0.15) is 18.2 Å². The molecule has 0 bridgehead atoms. The molecule has 1 aliphatic rings. The second kappa shape index (κ2) is 7.93. The number of aryl methyl sites for hydroxylation is 1. The Kier molecular flexibility index (Phi) is 5.62. The molecular formula is C17H18F3N3O4. The SMILES string of the molecule is O=c1cc(CCCC(F)(F)F)c2c(=O)[nH]c(ON=C3CCCCC3)nc2o1. The van der Waals surface area contributed by atoms with E-state index in [2.05, 4.69) is 15.1 Å². The topological polar surface area (TPSA) is 97.5 Å². The lowest BCUT2D eigenvalue weighted by atomic mass is 9.99. The van der Waals surface area contributed by atoms with E-state index < -0.39 is 23.8 Å². The molecule has 1 saturated carbocycles. The fraction of sp³-hybridized carbons (Fsp3) is 0.529. The summed E-state index contributed by atoms with van der Waals surface area (Å²) >= 11 is 0. The van der Waals surface area contributed by atoms with Crippen molar-refractivity contribution < 1.29 is 22.4 Å². The van der Waals surface area contributed by atoms with Gasteiger partial charge in [0.05, 0.1) is 5.71 Å². The fourth-order valence-electron chi connectivity index (χ4n) is 3.01. The first-order valence-electron chi connectivity index (χ1n) is 8.68. The van der Waals surface area contributed by atoms with Gasteiger partial charge in [-0.1, -0.05) is 11.6 Å². The summed E-state index contributed by atoms with van der Waals surface area (Å²) < 4.78 is 41.9. The molecule has 1 N–H and O–H groups in total. The van der Waals surface area contributed by atoms with Gasteiger partial charge in [0.15, 0.2) is 0 Å². The lowest BCUT2D eigenvalue weighted by molar-refractivity contribution is -0.135. The summed E-state index contributed by atoms with van der Waals surface area (Å²) in [5.41, 5.74) is -0.736. The third kappa shape index (κ3) is 5.18. The minimum absolute atomic E-state index is 0.0607. The number of halogens is 3. The maximum absolute atomic E-state index is 12.3. The molecule has 1 aliphatic carbocycles. The number of nitrogens with zero attached hydrogens (tertiary/aromatic N) is 2. The summed E-state index contributed by atoms with van der Waals surface area (Å²) in [5, 5.41) is 3.90. The van der Waals surface area contributed by atoms with E-state index in [9.17, 15) is 22.8 Å². The predicted molar refractivity (Wildman–Crippen MR) is 91.0 cm³/mol. The number of H-pyrrole nitrogens is 1. The molecule has 0 aromatic carbocycles. The standard InChI is InChI=1S/C17H18F3N3O4/c18-17(19,20)8-4-5-10-9-12(24)26-15-13(10)14(25)21-16(22-15)27-23-11-6-2-1-3-7-11/h9H,1-8H2,(H,21,22,25). The summed E-state index contributed by atoms with van der Waals surface area (Å²) in [5.74, 6) is 0. The normalized spacial score (nSPS) is 15.1. The number of hydrogen-bond acceptors (Lipinski definition) is 6. The molecule has 0 amide bonds. The summed E-state index contributed by atoms with van der Waals surface area (Å²) in [6.45, 7) is 0. The largest absolute Gasteiger partial charge is 0.403 e. The number of hydrogen-bond donors (Lipinski definition) is 1. The molecule has 7 nitrogen and oxygen atoms in total. The summed E-state index contributed by atoms with van der Waals surface area (Å²) in [7, 11) is 0. The van der Waals surface area contributed by atoms with E-state index in [4.69, 9.17) is 9.25 Å². The lowest BCUT2D eigenvalue weighted by Crippen LogP contribution is -2.16. The van der Waals surface area contributed by atoms with Crippen LogP contribution in [0.4, 0.5) is 13.2 Å². The predicted octanol–water partition coefficient (Wildman–Crippen LogP) is 3.46. The molecule has 1 fully saturated rings. The Balaban J connectivity index is 1.86. The number of oxime groups is 1. The molecule has 3 rings (SSSR count). The molecule has 27 heavy (non-hydrogen) atoms. The van der Waals surface area contributed by atoms with Gasteiger partial charge in [-0.15, -0.1) is 0 Å². The first-order chi connectivity index (χ1) is 12.8. The van der Waals surface area contributed by atoms with Crippen molar-refractivity contribution in [2.75, 3.05) is 0 Å². The van der Waals surface area contributed by atoms with Crippen LogP contribution in [0.15, 0.2) is 25.2 Å². The molecule has 0 unspecified atom stereocenters. The van der Waals surface area contributed by atoms with Crippen LogP contribution in [0, 0.1) is 0 Å². The van der Waals surface area contributed by atoms with Crippen LogP contribution in [0.25, 0.3) is 11.1 Å². The van der Waals surface area contributed by atoms with Gasteiger partial charge < -0.3 is 9.25 Å². The first-order valence-corrected chi connectivity index (χ1v) is 8.68. The van der Waals surface area contributed by atoms with Gasteiger partial charge in [-0.05, 0) is 44.1 Å². The molecular weight excluding hydrogens is 367 g/mol. The summed E-state index contributed by atoms with van der Waals surface area (Å²) in [6.07, 6.45) is -0.918. The maximum atomic E-state index is 12.3. The van der Waals surface area contributed by atoms with E-state index in [-0.39, 0.29) is 35.5 Å². The summed E-state index contributed by atoms with van der Waals surface area (Å²) in [4.78, 5) is 35.5. The number of alkyl halides is 3. The van der Waals surface area contributed by atoms with Crippen molar-refractivity contribution in [3.05, 3.63) is 32.4 Å². The average molecular weight is 385 g/mol. The lowest BCUT2D eigenvalue weighted by Gasteiger charge is -2.11. The number of fused-ring (bicyclic) bond motifs is 1. The van der Waals surface area contributed by atoms with E-state index in [1.54, 1.807) is 0 Å². The van der Waals surface area contributed by atoms with Crippen LogP contribution >= 0.6 is 0 Å². The number of aromatic nitrogens is 2. The minimum atomic E-state index is -4.31. The molecule has 2 aromatic rings. The van der Waals surface area contributed by atoms with Crippen molar-refractivity contribution in [2.24, 2.45) is 5.16 Å². The van der Waals surface area contributed by atoms with E-state index in [1.807, 2.05) is 0 Å². The molecule has 146 valence electrons. The van der Waals surface area contributed by atoms with Crippen molar-refractivity contribution in [3.63, 3.8) is 0 Å². The highest BCUT2D eigenvalue weighted by Crippen LogP contribution is 2.23. The minimum Gasteiger partial charge on any atom is -0.403 e. The Morgan fingerprint density at radius 1 is 1.22 bits per heavy atom. The second-order valence-electron chi connectivity index (χ2n) is 6.42. The van der Waals surface area contributed by atoms with E-state index in [0.717, 1.165) is 43.9 Å². The van der Waals surface area contributed by atoms with Crippen LogP contribution in [0.3, 0.4) is 0 Å². The maximum Gasteiger partial charge on any atom is 0.389 e. The summed E-state index contributed by atoms with van der Waals surface area (Å²) in [6, 6.07) is 0.777. The van der Waals surface area contributed by atoms with Crippen LogP contribution in [-0.2, 0) is 6.42 Å². The van der Waals surface area contributed by atoms with E-state index in [0.29, 0.717) is 0 Å². The van der Waals surface area contributed by atoms with Crippen molar-refractivity contribution in [1.29, 1.82) is 0 Å². The first kappa shape index (κ1) is 19.1. The number of nitrogens with one attached hydrogen (secondary N) is 1. The molecule has 2 heterocycles. The molecule has 0 saturated heterocycles. The van der Waals surface area contributed by atoms with Gasteiger partial charge in [0.1, 0.15) is 5.39 Å². The molecule has 0 atom stereocenters. The van der Waals surface area contributed by atoms with Gasteiger partial charge in [-0.3, -0.25) is 9.78 Å². The van der Waals surface area contributed by atoms with Crippen molar-refractivity contribution in [2.45, 2.75) is 57.5 Å². The molecule has 0 spiro atoms. The second-order valence-corrected chi connectivity index (χ2v) is 6.42. The smallest absolute Gasteiger partial charge is 0.389 e. The van der Waals surface area contributed by atoms with Gasteiger partial charge in [0, 0.05) is 12.5 Å². The number of rotatable bonds is 5. The van der Waals surface area contributed by atoms with Crippen LogP contribution < -0.4 is 16.0 Å². The highest BCUT2D eigenvalue weighted by Gasteiger charge is 2.26. The molecule has 10 heteroatoms. The van der Waals surface area contributed by atoms with Gasteiger partial charge >= 0.3 is 17.8 Å². The van der Waals surface area contributed by atoms with Gasteiger partial charge in [-0.25, -0.2) is 4.79 Å². The van der Waals surface area contributed by atoms with Crippen molar-refractivity contribution >= 4 is 16.8 Å². The third-order valence-corrected chi connectivity index (χ3v) is 4.27. The zero-order valence-electron chi connectivity index (χ0n) is 14.4. The Hall–Kier alpha value is -2.65. The Labute approximate surface area is 151 Å². The Morgan fingerprint density at radius 3 is 2.67 bits per heavy atom. The van der Waals surface area contributed by atoms with Gasteiger partial charge in [0.2, 0.25) is 5.71 Å². The van der Waals surface area contributed by atoms with E-state index in [1.165, 1.54) is 0 Å². The zero-order chi connectivity index (χ0) is 19.4. The van der Waals surface area contributed by atoms with Gasteiger partial charge in [0.25, 0.3) is 5.56 Å². The quantitative estimate of drug-likeness (QED) is 0.795. The van der Waals surface area contributed by atoms with Crippen LogP contribution in [0.1, 0.15) is 50.5 Å². The van der Waals surface area contributed by atoms with Crippen LogP contribution in [0.2, 0.25) is 0 Å². The average Bonchev–Trinajstić information content (AvgIpc) is 2.59. The highest BCUT2D eigenvalue weighted by atomic mass is 19.4. The molecule has 0 aliphatic heterocycles.